The van der Waals surface area contributed by atoms with Crippen molar-refractivity contribution in [1.29, 1.82) is 0 Å². The second-order valence-corrected chi connectivity index (χ2v) is 9.64. The zero-order valence-corrected chi connectivity index (χ0v) is 18.1. The maximum atomic E-state index is 12.6. The predicted molar refractivity (Wildman–Crippen MR) is 107 cm³/mol. The van der Waals surface area contributed by atoms with Crippen LogP contribution in [-0.2, 0) is 29.1 Å². The molecular formula is C19H24N4O7S. The summed E-state index contributed by atoms with van der Waals surface area (Å²) in [7, 11) is -3.64. The average Bonchev–Trinajstić information content (AvgIpc) is 2.94. The third-order valence-electron chi connectivity index (χ3n) is 5.06. The molecule has 0 aromatic heterocycles. The van der Waals surface area contributed by atoms with Crippen molar-refractivity contribution in [2.75, 3.05) is 39.3 Å². The lowest BCUT2D eigenvalue weighted by molar-refractivity contribution is -0.154. The summed E-state index contributed by atoms with van der Waals surface area (Å²) >= 11 is 0. The van der Waals surface area contributed by atoms with Crippen LogP contribution in [0.2, 0.25) is 0 Å². The van der Waals surface area contributed by atoms with Crippen LogP contribution >= 0.6 is 0 Å². The summed E-state index contributed by atoms with van der Waals surface area (Å²) in [5.74, 6) is -1.93. The highest BCUT2D eigenvalue weighted by Crippen LogP contribution is 2.18. The maximum Gasteiger partial charge on any atom is 0.326 e. The summed E-state index contributed by atoms with van der Waals surface area (Å²) in [5.41, 5.74) is -1.10. The first kappa shape index (κ1) is 22.7. The molecule has 0 radical (unpaired) electrons. The molecule has 168 valence electrons. The van der Waals surface area contributed by atoms with E-state index in [4.69, 9.17) is 4.74 Å². The van der Waals surface area contributed by atoms with Crippen LogP contribution in [0.25, 0.3) is 0 Å². The van der Waals surface area contributed by atoms with Gasteiger partial charge < -0.3 is 15.0 Å². The van der Waals surface area contributed by atoms with Gasteiger partial charge in [0.15, 0.2) is 6.61 Å². The van der Waals surface area contributed by atoms with Gasteiger partial charge in [-0.1, -0.05) is 18.2 Å². The minimum absolute atomic E-state index is 0.119. The molecule has 2 aliphatic heterocycles. The van der Waals surface area contributed by atoms with Gasteiger partial charge in [0, 0.05) is 26.2 Å². The van der Waals surface area contributed by atoms with Crippen LogP contribution < -0.4 is 5.32 Å². The van der Waals surface area contributed by atoms with Gasteiger partial charge in [-0.15, -0.1) is 0 Å². The van der Waals surface area contributed by atoms with E-state index in [2.05, 4.69) is 5.32 Å². The first-order chi connectivity index (χ1) is 14.5. The summed E-state index contributed by atoms with van der Waals surface area (Å²) in [6.07, 6.45) is 0. The second kappa shape index (κ2) is 8.63. The highest BCUT2D eigenvalue weighted by Gasteiger charge is 2.45. The topological polar surface area (TPSA) is 133 Å². The molecule has 2 aliphatic rings. The first-order valence-corrected chi connectivity index (χ1v) is 11.1. The number of hydrogen-bond donors (Lipinski definition) is 1. The Hall–Kier alpha value is -2.99. The summed E-state index contributed by atoms with van der Waals surface area (Å²) in [6, 6.07) is 7.33. The maximum absolute atomic E-state index is 12.6. The number of urea groups is 1. The van der Waals surface area contributed by atoms with Crippen LogP contribution in [0.4, 0.5) is 4.79 Å². The molecule has 2 saturated heterocycles. The highest BCUT2D eigenvalue weighted by molar-refractivity contribution is 7.89. The molecule has 12 heteroatoms. The first-order valence-electron chi connectivity index (χ1n) is 9.65. The number of amides is 4. The normalized spacial score (nSPS) is 19.3. The smallest absolute Gasteiger partial charge is 0.326 e. The summed E-state index contributed by atoms with van der Waals surface area (Å²) < 4.78 is 31.5. The molecule has 3 rings (SSSR count). The van der Waals surface area contributed by atoms with E-state index in [-0.39, 0.29) is 31.1 Å². The molecule has 11 nitrogen and oxygen atoms in total. The van der Waals surface area contributed by atoms with Crippen LogP contribution in [0.3, 0.4) is 0 Å². The Kier molecular flexibility index (Phi) is 6.32. The molecule has 0 saturated carbocycles. The summed E-state index contributed by atoms with van der Waals surface area (Å²) in [4.78, 5) is 50.5. The predicted octanol–water partition coefficient (Wildman–Crippen LogP) is -0.607. The van der Waals surface area contributed by atoms with Crippen molar-refractivity contribution >= 4 is 33.8 Å². The van der Waals surface area contributed by atoms with Crippen LogP contribution in [0, 0.1) is 0 Å². The average molecular weight is 452 g/mol. The van der Waals surface area contributed by atoms with Crippen molar-refractivity contribution in [2.24, 2.45) is 0 Å². The van der Waals surface area contributed by atoms with Crippen molar-refractivity contribution in [2.45, 2.75) is 24.3 Å². The zero-order valence-electron chi connectivity index (χ0n) is 17.2. The van der Waals surface area contributed by atoms with Gasteiger partial charge in [0.1, 0.15) is 12.1 Å². The van der Waals surface area contributed by atoms with Crippen molar-refractivity contribution < 1.29 is 32.3 Å². The van der Waals surface area contributed by atoms with E-state index in [1.54, 1.807) is 18.2 Å². The number of carbonyl (C=O) groups excluding carboxylic acids is 4. The van der Waals surface area contributed by atoms with E-state index in [0.717, 1.165) is 4.90 Å². The molecule has 31 heavy (non-hydrogen) atoms. The molecule has 2 fully saturated rings. The molecule has 1 aromatic carbocycles. The molecule has 1 aromatic rings. The van der Waals surface area contributed by atoms with Gasteiger partial charge >= 0.3 is 12.0 Å². The lowest BCUT2D eigenvalue weighted by Crippen LogP contribution is -2.51. The number of nitrogens with zero attached hydrogens (tertiary/aromatic N) is 3. The quantitative estimate of drug-likeness (QED) is 0.450. The van der Waals surface area contributed by atoms with Crippen LogP contribution in [0.15, 0.2) is 35.2 Å². The highest BCUT2D eigenvalue weighted by atomic mass is 32.2. The van der Waals surface area contributed by atoms with Crippen molar-refractivity contribution in [3.05, 3.63) is 30.3 Å². The van der Waals surface area contributed by atoms with Crippen molar-refractivity contribution in [1.82, 2.24) is 19.4 Å². The van der Waals surface area contributed by atoms with Gasteiger partial charge in [0.2, 0.25) is 10.0 Å². The number of piperazine rings is 1. The third-order valence-corrected chi connectivity index (χ3v) is 6.97. The van der Waals surface area contributed by atoms with E-state index < -0.39 is 52.5 Å². The number of rotatable bonds is 6. The zero-order chi connectivity index (χ0) is 22.8. The minimum Gasteiger partial charge on any atom is -0.454 e. The number of imide groups is 1. The molecule has 0 bridgehead atoms. The Morgan fingerprint density at radius 3 is 2.23 bits per heavy atom. The molecule has 0 aliphatic carbocycles. The molecular weight excluding hydrogens is 428 g/mol. The van der Waals surface area contributed by atoms with E-state index in [1.807, 2.05) is 0 Å². The molecule has 0 unspecified atom stereocenters. The van der Waals surface area contributed by atoms with Gasteiger partial charge in [0.05, 0.1) is 4.90 Å². The Morgan fingerprint density at radius 1 is 1.06 bits per heavy atom. The Balaban J connectivity index is 1.47. The van der Waals surface area contributed by atoms with Crippen LogP contribution in [-0.4, -0.2) is 91.2 Å². The number of nitrogens with one attached hydrogen (secondary N) is 1. The number of carbonyl (C=O) groups is 4. The van der Waals surface area contributed by atoms with Gasteiger partial charge in [-0.2, -0.15) is 4.31 Å². The summed E-state index contributed by atoms with van der Waals surface area (Å²) in [6.45, 7) is 2.43. The fourth-order valence-corrected chi connectivity index (χ4v) is 4.73. The standard InChI is InChI=1S/C19H24N4O7S/c1-19(2)17(26)23(18(27)20-19)12-16(25)30-13-15(24)21-8-10-22(11-9-21)31(28,29)14-6-4-3-5-7-14/h3-7H,8-13H2,1-2H3,(H,20,27). The SMILES string of the molecule is CC1(C)NC(=O)N(CC(=O)OCC(=O)N2CCN(S(=O)(=O)c3ccccc3)CC2)C1=O. The fraction of sp³-hybridized carbons (Fsp3) is 0.474. The number of ether oxygens (including phenoxy) is 1. The van der Waals surface area contributed by atoms with Crippen LogP contribution in [0.5, 0.6) is 0 Å². The van der Waals surface area contributed by atoms with Gasteiger partial charge in [-0.05, 0) is 26.0 Å². The summed E-state index contributed by atoms with van der Waals surface area (Å²) in [5, 5.41) is 2.44. The van der Waals surface area contributed by atoms with Crippen molar-refractivity contribution in [3.63, 3.8) is 0 Å². The molecule has 0 atom stereocenters. The Labute approximate surface area is 180 Å². The van der Waals surface area contributed by atoms with Crippen LogP contribution in [0.1, 0.15) is 13.8 Å². The largest absolute Gasteiger partial charge is 0.454 e. The molecule has 2 heterocycles. The number of sulfonamides is 1. The number of esters is 1. The Morgan fingerprint density at radius 2 is 1.68 bits per heavy atom. The number of hydrogen-bond acceptors (Lipinski definition) is 7. The number of benzene rings is 1. The fourth-order valence-electron chi connectivity index (χ4n) is 3.29. The molecule has 0 spiro atoms. The van der Waals surface area contributed by atoms with Gasteiger partial charge in [0.25, 0.3) is 11.8 Å². The van der Waals surface area contributed by atoms with Gasteiger partial charge in [-0.3, -0.25) is 19.3 Å². The second-order valence-electron chi connectivity index (χ2n) is 7.71. The van der Waals surface area contributed by atoms with E-state index in [9.17, 15) is 27.6 Å². The van der Waals surface area contributed by atoms with Gasteiger partial charge in [-0.25, -0.2) is 13.2 Å². The third kappa shape index (κ3) is 4.85. The molecule has 4 amide bonds. The van der Waals surface area contributed by atoms with E-state index in [0.29, 0.717) is 0 Å². The minimum atomic E-state index is -3.64. The van der Waals surface area contributed by atoms with E-state index >= 15 is 0 Å². The monoisotopic (exact) mass is 452 g/mol. The Bertz CT molecular complexity index is 986. The van der Waals surface area contributed by atoms with Crippen molar-refractivity contribution in [3.8, 4) is 0 Å². The lowest BCUT2D eigenvalue weighted by Gasteiger charge is -2.33. The van der Waals surface area contributed by atoms with E-state index in [1.165, 1.54) is 35.2 Å². The lowest BCUT2D eigenvalue weighted by atomic mass is 10.1. The molecule has 1 N–H and O–H groups in total.